The molecule has 0 saturated heterocycles. The molecule has 152 valence electrons. The summed E-state index contributed by atoms with van der Waals surface area (Å²) in [5.74, 6) is 1.54. The fourth-order valence-electron chi connectivity index (χ4n) is 3.28. The minimum Gasteiger partial charge on any atom is -0.385 e. The molecule has 0 spiro atoms. The van der Waals surface area contributed by atoms with E-state index in [1.165, 1.54) is 32.1 Å². The SMILES string of the molecule is CN=C(NCCNC(=O)CC1CCCCC1)NCCN(C)CCCOC. The van der Waals surface area contributed by atoms with E-state index >= 15 is 0 Å². The molecule has 0 aromatic carbocycles. The maximum absolute atomic E-state index is 12.0. The topological polar surface area (TPSA) is 78.0 Å². The molecule has 0 bridgehead atoms. The second kappa shape index (κ2) is 14.8. The highest BCUT2D eigenvalue weighted by atomic mass is 16.5. The van der Waals surface area contributed by atoms with Crippen molar-refractivity contribution in [2.45, 2.75) is 44.9 Å². The van der Waals surface area contributed by atoms with Crippen molar-refractivity contribution in [3.8, 4) is 0 Å². The van der Waals surface area contributed by atoms with E-state index in [0.29, 0.717) is 25.4 Å². The van der Waals surface area contributed by atoms with Crippen LogP contribution < -0.4 is 16.0 Å². The van der Waals surface area contributed by atoms with Crippen molar-refractivity contribution in [3.63, 3.8) is 0 Å². The van der Waals surface area contributed by atoms with Gasteiger partial charge >= 0.3 is 0 Å². The lowest BCUT2D eigenvalue weighted by Gasteiger charge is -2.21. The highest BCUT2D eigenvalue weighted by Crippen LogP contribution is 2.25. The summed E-state index contributed by atoms with van der Waals surface area (Å²) in [5.41, 5.74) is 0. The first-order valence-corrected chi connectivity index (χ1v) is 10.0. The summed E-state index contributed by atoms with van der Waals surface area (Å²) in [6, 6.07) is 0. The molecule has 1 saturated carbocycles. The van der Waals surface area contributed by atoms with E-state index in [-0.39, 0.29) is 5.91 Å². The fraction of sp³-hybridized carbons (Fsp3) is 0.895. The lowest BCUT2D eigenvalue weighted by atomic mass is 9.87. The Balaban J connectivity index is 2.04. The average molecular weight is 370 g/mol. The first-order chi connectivity index (χ1) is 12.7. The molecule has 0 heterocycles. The molecule has 7 heteroatoms. The number of ether oxygens (including phenoxy) is 1. The van der Waals surface area contributed by atoms with Gasteiger partial charge in [-0.15, -0.1) is 0 Å². The van der Waals surface area contributed by atoms with E-state index in [4.69, 9.17) is 4.74 Å². The zero-order chi connectivity index (χ0) is 19.0. The second-order valence-electron chi connectivity index (χ2n) is 7.13. The predicted octanol–water partition coefficient (Wildman–Crippen LogP) is 1.21. The number of nitrogens with zero attached hydrogens (tertiary/aromatic N) is 2. The summed E-state index contributed by atoms with van der Waals surface area (Å²) in [5, 5.41) is 9.55. The lowest BCUT2D eigenvalue weighted by molar-refractivity contribution is -0.122. The van der Waals surface area contributed by atoms with Gasteiger partial charge in [0.05, 0.1) is 0 Å². The minimum absolute atomic E-state index is 0.180. The minimum atomic E-state index is 0.180. The Morgan fingerprint density at radius 3 is 2.46 bits per heavy atom. The number of guanidine groups is 1. The highest BCUT2D eigenvalue weighted by molar-refractivity contribution is 5.79. The normalized spacial score (nSPS) is 15.9. The van der Waals surface area contributed by atoms with Crippen LogP contribution in [0.3, 0.4) is 0 Å². The number of hydrogen-bond acceptors (Lipinski definition) is 4. The Morgan fingerprint density at radius 2 is 1.77 bits per heavy atom. The van der Waals surface area contributed by atoms with E-state index < -0.39 is 0 Å². The first kappa shape index (κ1) is 22.7. The van der Waals surface area contributed by atoms with Crippen LogP contribution in [0.1, 0.15) is 44.9 Å². The van der Waals surface area contributed by atoms with Gasteiger partial charge in [0.15, 0.2) is 5.96 Å². The molecule has 3 N–H and O–H groups in total. The second-order valence-corrected chi connectivity index (χ2v) is 7.13. The third-order valence-corrected chi connectivity index (χ3v) is 4.84. The Kier molecular flexibility index (Phi) is 12.9. The van der Waals surface area contributed by atoms with Gasteiger partial charge in [0, 0.05) is 59.9 Å². The standard InChI is InChI=1S/C19H39N5O2/c1-20-19(23-12-14-24(2)13-7-15-26-3)22-11-10-21-18(25)16-17-8-5-4-6-9-17/h17H,4-16H2,1-3H3,(H,21,25)(H2,20,22,23). The Labute approximate surface area is 159 Å². The summed E-state index contributed by atoms with van der Waals surface area (Å²) in [6.45, 7) is 4.91. The largest absolute Gasteiger partial charge is 0.385 e. The van der Waals surface area contributed by atoms with E-state index in [0.717, 1.165) is 38.6 Å². The van der Waals surface area contributed by atoms with Crippen molar-refractivity contribution in [2.75, 3.05) is 60.5 Å². The molecule has 1 aliphatic rings. The van der Waals surface area contributed by atoms with E-state index in [1.54, 1.807) is 14.2 Å². The van der Waals surface area contributed by atoms with Gasteiger partial charge in [-0.05, 0) is 32.2 Å². The number of nitrogens with one attached hydrogen (secondary N) is 3. The highest BCUT2D eigenvalue weighted by Gasteiger charge is 2.16. The van der Waals surface area contributed by atoms with E-state index in [1.807, 2.05) is 0 Å². The zero-order valence-electron chi connectivity index (χ0n) is 17.0. The summed E-state index contributed by atoms with van der Waals surface area (Å²) >= 11 is 0. The number of aliphatic imine (C=N–C) groups is 1. The van der Waals surface area contributed by atoms with Crippen LogP contribution in [0.15, 0.2) is 4.99 Å². The summed E-state index contributed by atoms with van der Waals surface area (Å²) in [7, 11) is 5.60. The molecule has 0 aliphatic heterocycles. The number of likely N-dealkylation sites (N-methyl/N-ethyl adjacent to an activating group) is 1. The van der Waals surface area contributed by atoms with Crippen LogP contribution in [0.5, 0.6) is 0 Å². The number of rotatable bonds is 12. The number of methoxy groups -OCH3 is 1. The monoisotopic (exact) mass is 369 g/mol. The van der Waals surface area contributed by atoms with Gasteiger partial charge in [0.1, 0.15) is 0 Å². The van der Waals surface area contributed by atoms with Gasteiger partial charge in [-0.2, -0.15) is 0 Å². The van der Waals surface area contributed by atoms with Crippen LogP contribution in [0, 0.1) is 5.92 Å². The zero-order valence-corrected chi connectivity index (χ0v) is 17.0. The molecule has 1 amide bonds. The van der Waals surface area contributed by atoms with Crippen molar-refractivity contribution in [3.05, 3.63) is 0 Å². The third-order valence-electron chi connectivity index (χ3n) is 4.84. The predicted molar refractivity (Wildman–Crippen MR) is 108 cm³/mol. The van der Waals surface area contributed by atoms with Gasteiger partial charge in [-0.3, -0.25) is 9.79 Å². The molecular formula is C19H39N5O2. The summed E-state index contributed by atoms with van der Waals surface area (Å²) in [4.78, 5) is 18.5. The number of carbonyl (C=O) groups is 1. The summed E-state index contributed by atoms with van der Waals surface area (Å²) in [6.07, 6.45) is 8.04. The van der Waals surface area contributed by atoms with Crippen molar-refractivity contribution in [1.29, 1.82) is 0 Å². The molecular weight excluding hydrogens is 330 g/mol. The average Bonchev–Trinajstić information content (AvgIpc) is 2.64. The van der Waals surface area contributed by atoms with E-state index in [9.17, 15) is 4.79 Å². The third kappa shape index (κ3) is 11.3. The summed E-state index contributed by atoms with van der Waals surface area (Å²) < 4.78 is 5.07. The van der Waals surface area contributed by atoms with E-state index in [2.05, 4.69) is 32.9 Å². The van der Waals surface area contributed by atoms with Crippen LogP contribution in [0.4, 0.5) is 0 Å². The van der Waals surface area contributed by atoms with Crippen LogP contribution in [-0.4, -0.2) is 77.3 Å². The van der Waals surface area contributed by atoms with Crippen molar-refractivity contribution >= 4 is 11.9 Å². The molecule has 1 fully saturated rings. The fourth-order valence-corrected chi connectivity index (χ4v) is 3.28. The van der Waals surface area contributed by atoms with Crippen LogP contribution >= 0.6 is 0 Å². The molecule has 26 heavy (non-hydrogen) atoms. The number of carbonyl (C=O) groups excluding carboxylic acids is 1. The molecule has 0 unspecified atom stereocenters. The number of amides is 1. The number of hydrogen-bond donors (Lipinski definition) is 3. The van der Waals surface area contributed by atoms with Gasteiger partial charge in [0.25, 0.3) is 0 Å². The van der Waals surface area contributed by atoms with Crippen LogP contribution in [0.25, 0.3) is 0 Å². The maximum atomic E-state index is 12.0. The van der Waals surface area contributed by atoms with Gasteiger partial charge in [0.2, 0.25) is 5.91 Å². The van der Waals surface area contributed by atoms with Gasteiger partial charge in [-0.1, -0.05) is 19.3 Å². The smallest absolute Gasteiger partial charge is 0.220 e. The first-order valence-electron chi connectivity index (χ1n) is 10.0. The van der Waals surface area contributed by atoms with Gasteiger partial charge in [-0.25, -0.2) is 0 Å². The molecule has 1 aliphatic carbocycles. The molecule has 0 radical (unpaired) electrons. The molecule has 1 rings (SSSR count). The van der Waals surface area contributed by atoms with Crippen LogP contribution in [0.2, 0.25) is 0 Å². The van der Waals surface area contributed by atoms with Crippen molar-refractivity contribution in [1.82, 2.24) is 20.9 Å². The van der Waals surface area contributed by atoms with Gasteiger partial charge < -0.3 is 25.6 Å². The molecule has 0 atom stereocenters. The Bertz CT molecular complexity index is 397. The molecule has 7 nitrogen and oxygen atoms in total. The molecule has 0 aromatic heterocycles. The van der Waals surface area contributed by atoms with Crippen molar-refractivity contribution < 1.29 is 9.53 Å². The Morgan fingerprint density at radius 1 is 1.08 bits per heavy atom. The maximum Gasteiger partial charge on any atom is 0.220 e. The lowest BCUT2D eigenvalue weighted by Crippen LogP contribution is -2.43. The van der Waals surface area contributed by atoms with Crippen LogP contribution in [-0.2, 0) is 9.53 Å². The Hall–Kier alpha value is -1.34. The van der Waals surface area contributed by atoms with Crippen molar-refractivity contribution in [2.24, 2.45) is 10.9 Å². The quantitative estimate of drug-likeness (QED) is 0.274. The molecule has 0 aromatic rings.